The van der Waals surface area contributed by atoms with E-state index in [-0.39, 0.29) is 35.8 Å². The van der Waals surface area contributed by atoms with Crippen molar-refractivity contribution in [2.45, 2.75) is 38.7 Å². The van der Waals surface area contributed by atoms with Crippen molar-refractivity contribution in [1.29, 1.82) is 0 Å². The van der Waals surface area contributed by atoms with Crippen molar-refractivity contribution >= 4 is 41.8 Å². The highest BCUT2D eigenvalue weighted by Gasteiger charge is 2.34. The zero-order valence-electron chi connectivity index (χ0n) is 17.2. The lowest BCUT2D eigenvalue weighted by Gasteiger charge is -2.34. The molecule has 0 saturated carbocycles. The number of piperidine rings is 1. The summed E-state index contributed by atoms with van der Waals surface area (Å²) >= 11 is 0. The van der Waals surface area contributed by atoms with Crippen LogP contribution >= 0.6 is 24.0 Å². The molecule has 1 saturated heterocycles. The molecule has 0 unspecified atom stereocenters. The standard InChI is InChI=1S/C21H30N4O3.HI/c1-3-28-16-10-14-24(15-11-16)21(22-2)23-12-6-7-13-25-19(26)17-8-4-5-9-18(17)20(25)27;/h4-5,8-9,16H,3,6-7,10-15H2,1-2H3,(H,22,23);1H. The quantitative estimate of drug-likeness (QED) is 0.199. The van der Waals surface area contributed by atoms with Gasteiger partial charge in [0.25, 0.3) is 11.8 Å². The lowest BCUT2D eigenvalue weighted by molar-refractivity contribution is 0.0263. The van der Waals surface area contributed by atoms with E-state index >= 15 is 0 Å². The van der Waals surface area contributed by atoms with Crippen molar-refractivity contribution in [3.63, 3.8) is 0 Å². The molecule has 160 valence electrons. The Kier molecular flexibility index (Phi) is 9.35. The summed E-state index contributed by atoms with van der Waals surface area (Å²) in [5.41, 5.74) is 1.03. The molecule has 3 rings (SSSR count). The Morgan fingerprint density at radius 1 is 1.14 bits per heavy atom. The fourth-order valence-electron chi connectivity index (χ4n) is 3.84. The summed E-state index contributed by atoms with van der Waals surface area (Å²) in [5.74, 6) is 0.554. The molecule has 2 aliphatic rings. The summed E-state index contributed by atoms with van der Waals surface area (Å²) < 4.78 is 5.70. The highest BCUT2D eigenvalue weighted by atomic mass is 127. The summed E-state index contributed by atoms with van der Waals surface area (Å²) in [5, 5.41) is 3.40. The van der Waals surface area contributed by atoms with Gasteiger partial charge >= 0.3 is 0 Å². The van der Waals surface area contributed by atoms with Crippen LogP contribution < -0.4 is 5.32 Å². The number of likely N-dealkylation sites (tertiary alicyclic amines) is 1. The zero-order valence-corrected chi connectivity index (χ0v) is 19.6. The third-order valence-corrected chi connectivity index (χ3v) is 5.33. The predicted octanol–water partition coefficient (Wildman–Crippen LogP) is 2.76. The Labute approximate surface area is 189 Å². The van der Waals surface area contributed by atoms with E-state index in [0.717, 1.165) is 57.9 Å². The van der Waals surface area contributed by atoms with Gasteiger partial charge in [-0.1, -0.05) is 12.1 Å². The van der Waals surface area contributed by atoms with Gasteiger partial charge in [0, 0.05) is 39.8 Å². The van der Waals surface area contributed by atoms with Gasteiger partial charge in [0.2, 0.25) is 0 Å². The van der Waals surface area contributed by atoms with Gasteiger partial charge < -0.3 is 15.0 Å². The zero-order chi connectivity index (χ0) is 19.9. The number of benzene rings is 1. The summed E-state index contributed by atoms with van der Waals surface area (Å²) in [6.07, 6.45) is 4.03. The van der Waals surface area contributed by atoms with E-state index in [0.29, 0.717) is 23.8 Å². The van der Waals surface area contributed by atoms with E-state index in [1.54, 1.807) is 31.3 Å². The molecule has 29 heavy (non-hydrogen) atoms. The normalized spacial score (nSPS) is 17.4. The molecule has 0 atom stereocenters. The summed E-state index contributed by atoms with van der Waals surface area (Å²) in [6, 6.07) is 7.02. The molecule has 0 aliphatic carbocycles. The number of hydrogen-bond donors (Lipinski definition) is 1. The van der Waals surface area contributed by atoms with Crippen molar-refractivity contribution in [2.24, 2.45) is 4.99 Å². The lowest BCUT2D eigenvalue weighted by atomic mass is 10.1. The molecule has 2 heterocycles. The van der Waals surface area contributed by atoms with Crippen molar-refractivity contribution in [1.82, 2.24) is 15.1 Å². The molecule has 0 aromatic heterocycles. The van der Waals surface area contributed by atoms with Crippen LogP contribution in [0.15, 0.2) is 29.3 Å². The number of aliphatic imine (C=N–C) groups is 1. The average Bonchev–Trinajstić information content (AvgIpc) is 2.97. The fourth-order valence-corrected chi connectivity index (χ4v) is 3.84. The van der Waals surface area contributed by atoms with Gasteiger partial charge in [0.15, 0.2) is 5.96 Å². The number of unbranched alkanes of at least 4 members (excludes halogenated alkanes) is 1. The molecule has 1 N–H and O–H groups in total. The minimum atomic E-state index is -0.179. The van der Waals surface area contributed by atoms with Crippen LogP contribution in [0.4, 0.5) is 0 Å². The molecule has 2 aliphatic heterocycles. The van der Waals surface area contributed by atoms with E-state index in [4.69, 9.17) is 4.74 Å². The number of halogens is 1. The predicted molar refractivity (Wildman–Crippen MR) is 124 cm³/mol. The van der Waals surface area contributed by atoms with E-state index in [1.165, 1.54) is 4.90 Å². The number of nitrogens with one attached hydrogen (secondary N) is 1. The Bertz CT molecular complexity index is 697. The molecule has 7 nitrogen and oxygen atoms in total. The van der Waals surface area contributed by atoms with Crippen LogP contribution in [0, 0.1) is 0 Å². The van der Waals surface area contributed by atoms with Crippen LogP contribution in [0.25, 0.3) is 0 Å². The van der Waals surface area contributed by atoms with Crippen LogP contribution in [0.5, 0.6) is 0 Å². The number of rotatable bonds is 7. The maximum atomic E-state index is 12.4. The van der Waals surface area contributed by atoms with Gasteiger partial charge in [0.05, 0.1) is 17.2 Å². The monoisotopic (exact) mass is 514 g/mol. The molecular weight excluding hydrogens is 483 g/mol. The second-order valence-corrected chi connectivity index (χ2v) is 7.13. The summed E-state index contributed by atoms with van der Waals surface area (Å²) in [6.45, 7) is 5.91. The minimum Gasteiger partial charge on any atom is -0.378 e. The second kappa shape index (κ2) is 11.5. The number of ether oxygens (including phenoxy) is 1. The lowest BCUT2D eigenvalue weighted by Crippen LogP contribution is -2.47. The average molecular weight is 514 g/mol. The van der Waals surface area contributed by atoms with Gasteiger partial charge in [-0.3, -0.25) is 19.5 Å². The number of hydrogen-bond acceptors (Lipinski definition) is 4. The van der Waals surface area contributed by atoms with Gasteiger partial charge in [-0.15, -0.1) is 24.0 Å². The Morgan fingerprint density at radius 2 is 1.76 bits per heavy atom. The number of amides is 2. The van der Waals surface area contributed by atoms with Crippen LogP contribution in [-0.4, -0.2) is 73.5 Å². The molecular formula is C21H31IN4O3. The smallest absolute Gasteiger partial charge is 0.261 e. The highest BCUT2D eigenvalue weighted by Crippen LogP contribution is 2.22. The number of carbonyl (C=O) groups is 2. The molecule has 2 amide bonds. The summed E-state index contributed by atoms with van der Waals surface area (Å²) in [7, 11) is 1.80. The molecule has 0 spiro atoms. The first kappa shape index (κ1) is 23.6. The number of carbonyl (C=O) groups excluding carboxylic acids is 2. The first-order valence-corrected chi connectivity index (χ1v) is 10.2. The fraction of sp³-hybridized carbons (Fsp3) is 0.571. The van der Waals surface area contributed by atoms with Gasteiger partial charge in [0.1, 0.15) is 0 Å². The van der Waals surface area contributed by atoms with E-state index < -0.39 is 0 Å². The first-order valence-electron chi connectivity index (χ1n) is 10.2. The van der Waals surface area contributed by atoms with Crippen molar-refractivity contribution in [2.75, 3.05) is 39.8 Å². The molecule has 1 fully saturated rings. The molecule has 1 aromatic carbocycles. The molecule has 8 heteroatoms. The first-order chi connectivity index (χ1) is 13.7. The molecule has 0 radical (unpaired) electrons. The number of fused-ring (bicyclic) bond motifs is 1. The SMILES string of the molecule is CCOC1CCN(C(=NC)NCCCCN2C(=O)c3ccccc3C2=O)CC1.I. The molecule has 0 bridgehead atoms. The second-order valence-electron chi connectivity index (χ2n) is 7.13. The van der Waals surface area contributed by atoms with E-state index in [1.807, 2.05) is 6.92 Å². The largest absolute Gasteiger partial charge is 0.378 e. The Hall–Kier alpha value is -1.68. The highest BCUT2D eigenvalue weighted by molar-refractivity contribution is 14.0. The maximum Gasteiger partial charge on any atom is 0.261 e. The van der Waals surface area contributed by atoms with Crippen molar-refractivity contribution < 1.29 is 14.3 Å². The minimum absolute atomic E-state index is 0. The number of guanidine groups is 1. The van der Waals surface area contributed by atoms with E-state index in [9.17, 15) is 9.59 Å². The maximum absolute atomic E-state index is 12.4. The molecule has 1 aromatic rings. The van der Waals surface area contributed by atoms with Gasteiger partial charge in [-0.25, -0.2) is 0 Å². The van der Waals surface area contributed by atoms with E-state index in [2.05, 4.69) is 15.2 Å². The van der Waals surface area contributed by atoms with Crippen LogP contribution in [0.1, 0.15) is 53.3 Å². The van der Waals surface area contributed by atoms with Crippen LogP contribution in [0.2, 0.25) is 0 Å². The van der Waals surface area contributed by atoms with Crippen molar-refractivity contribution in [3.8, 4) is 0 Å². The summed E-state index contributed by atoms with van der Waals surface area (Å²) in [4.78, 5) is 32.7. The van der Waals surface area contributed by atoms with Crippen molar-refractivity contribution in [3.05, 3.63) is 35.4 Å². The third kappa shape index (κ3) is 5.69. The van der Waals surface area contributed by atoms with Gasteiger partial charge in [-0.05, 0) is 44.7 Å². The number of nitrogens with zero attached hydrogens (tertiary/aromatic N) is 3. The van der Waals surface area contributed by atoms with Crippen LogP contribution in [0.3, 0.4) is 0 Å². The Balaban J connectivity index is 0.00000300. The third-order valence-electron chi connectivity index (χ3n) is 5.33. The Morgan fingerprint density at radius 3 is 2.31 bits per heavy atom. The topological polar surface area (TPSA) is 74.2 Å². The van der Waals surface area contributed by atoms with Crippen LogP contribution in [-0.2, 0) is 4.74 Å². The number of imide groups is 1. The van der Waals surface area contributed by atoms with Gasteiger partial charge in [-0.2, -0.15) is 0 Å².